The smallest absolute Gasteiger partial charge is 0.305 e. The van der Waals surface area contributed by atoms with Crippen molar-refractivity contribution in [2.75, 3.05) is 13.2 Å². The van der Waals surface area contributed by atoms with Crippen molar-refractivity contribution >= 4 is 11.9 Å². The Hall–Kier alpha value is -1.40. The van der Waals surface area contributed by atoms with Gasteiger partial charge in [-0.15, -0.1) is 0 Å². The van der Waals surface area contributed by atoms with Crippen molar-refractivity contribution in [3.63, 3.8) is 0 Å². The number of hydrogen-bond donors (Lipinski definition) is 3. The molecule has 0 heterocycles. The predicted molar refractivity (Wildman–Crippen MR) is 250 cm³/mol. The second-order valence-corrected chi connectivity index (χ2v) is 17.9. The first-order chi connectivity index (χ1) is 28.5. The van der Waals surface area contributed by atoms with E-state index in [1.165, 1.54) is 180 Å². The van der Waals surface area contributed by atoms with E-state index in [0.717, 1.165) is 70.6 Å². The number of allylic oxidation sites excluding steroid dienone is 2. The highest BCUT2D eigenvalue weighted by Gasteiger charge is 2.20. The third-order valence-electron chi connectivity index (χ3n) is 12.1. The van der Waals surface area contributed by atoms with Crippen LogP contribution in [0.2, 0.25) is 0 Å². The molecule has 0 aliphatic carbocycles. The lowest BCUT2D eigenvalue weighted by atomic mass is 10.0. The van der Waals surface area contributed by atoms with Gasteiger partial charge < -0.3 is 20.3 Å². The molecule has 0 fully saturated rings. The molecule has 344 valence electrons. The Morgan fingerprint density at radius 1 is 0.466 bits per heavy atom. The number of hydrogen-bond acceptors (Lipinski definition) is 5. The molecule has 0 spiro atoms. The van der Waals surface area contributed by atoms with Crippen molar-refractivity contribution in [3.05, 3.63) is 12.2 Å². The zero-order valence-corrected chi connectivity index (χ0v) is 39.0. The van der Waals surface area contributed by atoms with E-state index in [1.807, 2.05) is 0 Å². The van der Waals surface area contributed by atoms with Crippen LogP contribution in [0.3, 0.4) is 0 Å². The van der Waals surface area contributed by atoms with Gasteiger partial charge in [-0.2, -0.15) is 0 Å². The number of ether oxygens (including phenoxy) is 1. The van der Waals surface area contributed by atoms with Crippen LogP contribution in [-0.4, -0.2) is 47.4 Å². The van der Waals surface area contributed by atoms with Crippen LogP contribution in [0.5, 0.6) is 0 Å². The number of aliphatic hydroxyl groups excluding tert-OH is 2. The standard InChI is InChI=1S/C52H101NO5/c1-3-5-7-9-11-13-15-17-18-22-26-30-34-38-42-46-52(57)58-47-43-39-35-31-27-23-19-21-25-29-33-37-41-45-51(56)53-49(48-54)50(55)44-40-36-32-28-24-20-16-14-12-10-8-6-4-2/h21,25,49-50,54-55H,3-20,22-24,26-48H2,1-2H3,(H,53,56)/b25-21-. The maximum Gasteiger partial charge on any atom is 0.305 e. The molecular formula is C52H101NO5. The third kappa shape index (κ3) is 44.2. The SMILES string of the molecule is CCCCCCCCCCCCCCCCCC(=O)OCCCCCCCC/C=C\CCCCCC(=O)NC(CO)C(O)CCCCCCCCCCCCCCC. The molecule has 0 aromatic heterocycles. The summed E-state index contributed by atoms with van der Waals surface area (Å²) < 4.78 is 5.46. The molecular weight excluding hydrogens is 719 g/mol. The first-order valence-corrected chi connectivity index (χ1v) is 25.9. The molecule has 2 unspecified atom stereocenters. The minimum Gasteiger partial charge on any atom is -0.466 e. The van der Waals surface area contributed by atoms with Gasteiger partial charge in [0.25, 0.3) is 0 Å². The Bertz CT molecular complexity index is 863. The largest absolute Gasteiger partial charge is 0.466 e. The molecule has 3 N–H and O–H groups in total. The van der Waals surface area contributed by atoms with Gasteiger partial charge >= 0.3 is 5.97 Å². The van der Waals surface area contributed by atoms with Crippen LogP contribution in [0, 0.1) is 0 Å². The number of carbonyl (C=O) groups excluding carboxylic acids is 2. The van der Waals surface area contributed by atoms with Crippen LogP contribution in [0.1, 0.15) is 284 Å². The van der Waals surface area contributed by atoms with Gasteiger partial charge in [-0.3, -0.25) is 9.59 Å². The minimum absolute atomic E-state index is 0.00959. The molecule has 0 saturated heterocycles. The average molecular weight is 820 g/mol. The molecule has 6 heteroatoms. The molecule has 1 amide bonds. The Balaban J connectivity index is 3.47. The molecule has 0 rings (SSSR count). The maximum absolute atomic E-state index is 12.4. The molecule has 0 aromatic carbocycles. The molecule has 6 nitrogen and oxygen atoms in total. The normalized spacial score (nSPS) is 12.7. The summed E-state index contributed by atoms with van der Waals surface area (Å²) in [4.78, 5) is 24.4. The van der Waals surface area contributed by atoms with Crippen molar-refractivity contribution in [2.45, 2.75) is 296 Å². The van der Waals surface area contributed by atoms with Crippen LogP contribution in [-0.2, 0) is 14.3 Å². The Morgan fingerprint density at radius 2 is 0.810 bits per heavy atom. The first-order valence-electron chi connectivity index (χ1n) is 25.9. The summed E-state index contributed by atoms with van der Waals surface area (Å²) in [5, 5.41) is 23.2. The van der Waals surface area contributed by atoms with Gasteiger partial charge in [-0.05, 0) is 51.4 Å². The summed E-state index contributed by atoms with van der Waals surface area (Å²) in [6, 6.07) is -0.559. The summed E-state index contributed by atoms with van der Waals surface area (Å²) >= 11 is 0. The zero-order valence-electron chi connectivity index (χ0n) is 39.0. The number of carbonyl (C=O) groups is 2. The number of amides is 1. The molecule has 58 heavy (non-hydrogen) atoms. The lowest BCUT2D eigenvalue weighted by molar-refractivity contribution is -0.143. The van der Waals surface area contributed by atoms with Gasteiger partial charge in [0, 0.05) is 12.8 Å². The average Bonchev–Trinajstić information content (AvgIpc) is 3.22. The van der Waals surface area contributed by atoms with E-state index in [2.05, 4.69) is 31.3 Å². The molecule has 0 saturated carbocycles. The van der Waals surface area contributed by atoms with Crippen LogP contribution >= 0.6 is 0 Å². The fraction of sp³-hybridized carbons (Fsp3) is 0.923. The summed E-state index contributed by atoms with van der Waals surface area (Å²) in [5.41, 5.74) is 0. The summed E-state index contributed by atoms with van der Waals surface area (Å²) in [7, 11) is 0. The number of esters is 1. The topological polar surface area (TPSA) is 95.9 Å². The summed E-state index contributed by atoms with van der Waals surface area (Å²) in [5.74, 6) is -0.0738. The van der Waals surface area contributed by atoms with Gasteiger partial charge in [0.1, 0.15) is 0 Å². The minimum atomic E-state index is -0.679. The van der Waals surface area contributed by atoms with Crippen molar-refractivity contribution in [1.82, 2.24) is 5.32 Å². The molecule has 0 radical (unpaired) electrons. The van der Waals surface area contributed by atoms with E-state index in [-0.39, 0.29) is 18.5 Å². The van der Waals surface area contributed by atoms with Crippen LogP contribution in [0.15, 0.2) is 12.2 Å². The highest BCUT2D eigenvalue weighted by molar-refractivity contribution is 5.76. The van der Waals surface area contributed by atoms with E-state index in [1.54, 1.807) is 0 Å². The summed E-state index contributed by atoms with van der Waals surface area (Å²) in [6.07, 6.45) is 54.7. The van der Waals surface area contributed by atoms with Crippen molar-refractivity contribution in [3.8, 4) is 0 Å². The Kier molecular flexibility index (Phi) is 47.1. The van der Waals surface area contributed by atoms with E-state index in [9.17, 15) is 19.8 Å². The maximum atomic E-state index is 12.4. The van der Waals surface area contributed by atoms with Gasteiger partial charge in [0.15, 0.2) is 0 Å². The second-order valence-electron chi connectivity index (χ2n) is 17.9. The number of rotatable bonds is 48. The lowest BCUT2D eigenvalue weighted by Gasteiger charge is -2.22. The molecule has 0 aromatic rings. The number of nitrogens with one attached hydrogen (secondary N) is 1. The molecule has 0 aliphatic rings. The highest BCUT2D eigenvalue weighted by Crippen LogP contribution is 2.16. The van der Waals surface area contributed by atoms with E-state index >= 15 is 0 Å². The van der Waals surface area contributed by atoms with Crippen LogP contribution in [0.25, 0.3) is 0 Å². The molecule has 0 bridgehead atoms. The monoisotopic (exact) mass is 820 g/mol. The van der Waals surface area contributed by atoms with E-state index in [0.29, 0.717) is 25.9 Å². The molecule has 2 atom stereocenters. The number of aliphatic hydroxyl groups is 2. The lowest BCUT2D eigenvalue weighted by Crippen LogP contribution is -2.45. The third-order valence-corrected chi connectivity index (χ3v) is 12.1. The van der Waals surface area contributed by atoms with Gasteiger partial charge in [-0.1, -0.05) is 231 Å². The summed E-state index contributed by atoms with van der Waals surface area (Å²) in [6.45, 7) is 4.92. The Morgan fingerprint density at radius 3 is 1.24 bits per heavy atom. The number of unbranched alkanes of at least 4 members (excludes halogenated alkanes) is 35. The molecule has 0 aliphatic heterocycles. The van der Waals surface area contributed by atoms with E-state index < -0.39 is 12.1 Å². The van der Waals surface area contributed by atoms with Crippen LogP contribution < -0.4 is 5.32 Å². The van der Waals surface area contributed by atoms with Gasteiger partial charge in [0.05, 0.1) is 25.4 Å². The van der Waals surface area contributed by atoms with Gasteiger partial charge in [0.2, 0.25) is 5.91 Å². The fourth-order valence-electron chi connectivity index (χ4n) is 8.05. The fourth-order valence-corrected chi connectivity index (χ4v) is 8.05. The zero-order chi connectivity index (χ0) is 42.3. The predicted octanol–water partition coefficient (Wildman–Crippen LogP) is 15.3. The highest BCUT2D eigenvalue weighted by atomic mass is 16.5. The quantitative estimate of drug-likeness (QED) is 0.0323. The van der Waals surface area contributed by atoms with Crippen molar-refractivity contribution in [2.24, 2.45) is 0 Å². The van der Waals surface area contributed by atoms with E-state index in [4.69, 9.17) is 4.74 Å². The van der Waals surface area contributed by atoms with Crippen molar-refractivity contribution < 1.29 is 24.5 Å². The first kappa shape index (κ1) is 56.6. The van der Waals surface area contributed by atoms with Gasteiger partial charge in [-0.25, -0.2) is 0 Å². The van der Waals surface area contributed by atoms with Crippen molar-refractivity contribution in [1.29, 1.82) is 0 Å². The Labute approximate surface area is 361 Å². The second kappa shape index (κ2) is 48.3. The van der Waals surface area contributed by atoms with Crippen LogP contribution in [0.4, 0.5) is 0 Å².